The van der Waals surface area contributed by atoms with Crippen LogP contribution in [0.1, 0.15) is 5.56 Å². The van der Waals surface area contributed by atoms with Crippen LogP contribution >= 0.6 is 11.6 Å². The van der Waals surface area contributed by atoms with Crippen LogP contribution in [0.2, 0.25) is 5.02 Å². The number of carboxylic acid groups (broad SMARTS) is 2. The van der Waals surface area contributed by atoms with Gasteiger partial charge < -0.3 is 25.7 Å². The van der Waals surface area contributed by atoms with E-state index in [2.05, 4.69) is 4.98 Å². The first-order valence-corrected chi connectivity index (χ1v) is 6.95. The Kier molecular flexibility index (Phi) is 7.11. The minimum Gasteiger partial charge on any atom is -0.495 e. The number of H-pyrrole nitrogens is 1. The Morgan fingerprint density at radius 3 is 2.39 bits per heavy atom. The molecule has 7 nitrogen and oxygen atoms in total. The van der Waals surface area contributed by atoms with Gasteiger partial charge >= 0.3 is 11.9 Å². The van der Waals surface area contributed by atoms with Crippen LogP contribution in [-0.2, 0) is 16.0 Å². The number of fused-ring (bicyclic) bond motifs is 1. The lowest BCUT2D eigenvalue weighted by atomic mass is 10.1. The monoisotopic (exact) mass is 340 g/mol. The molecule has 2 rings (SSSR count). The molecule has 8 heteroatoms. The molecule has 5 N–H and O–H groups in total. The van der Waals surface area contributed by atoms with Crippen molar-refractivity contribution >= 4 is 34.4 Å². The van der Waals surface area contributed by atoms with Gasteiger partial charge in [-0.2, -0.15) is 0 Å². The second-order valence-electron chi connectivity index (χ2n) is 4.37. The van der Waals surface area contributed by atoms with E-state index in [0.29, 0.717) is 29.5 Å². The Morgan fingerprint density at radius 1 is 1.30 bits per heavy atom. The van der Waals surface area contributed by atoms with E-state index in [1.165, 1.54) is 0 Å². The number of carbonyl (C=O) groups is 2. The largest absolute Gasteiger partial charge is 0.495 e. The average molecular weight is 341 g/mol. The fourth-order valence-electron chi connectivity index (χ4n) is 1.88. The first-order chi connectivity index (χ1) is 10.9. The second-order valence-corrected chi connectivity index (χ2v) is 4.74. The zero-order valence-electron chi connectivity index (χ0n) is 12.4. The Bertz CT molecular complexity index is 708. The summed E-state index contributed by atoms with van der Waals surface area (Å²) >= 11 is 6.24. The van der Waals surface area contributed by atoms with Crippen molar-refractivity contribution in [1.82, 2.24) is 4.98 Å². The Balaban J connectivity index is 0.000000284. The molecule has 124 valence electrons. The SMILES string of the molecule is COc1ccc2[nH]cc(CCN)c2c1Cl.O=C(O)/C=C/C(=O)O. The summed E-state index contributed by atoms with van der Waals surface area (Å²) in [4.78, 5) is 22.3. The van der Waals surface area contributed by atoms with Crippen molar-refractivity contribution in [2.75, 3.05) is 13.7 Å². The highest BCUT2D eigenvalue weighted by Gasteiger charge is 2.10. The summed E-state index contributed by atoms with van der Waals surface area (Å²) in [6, 6.07) is 3.81. The van der Waals surface area contributed by atoms with Gasteiger partial charge in [0.15, 0.2) is 0 Å². The maximum Gasteiger partial charge on any atom is 0.328 e. The van der Waals surface area contributed by atoms with E-state index in [9.17, 15) is 9.59 Å². The smallest absolute Gasteiger partial charge is 0.328 e. The molecule has 0 atom stereocenters. The highest BCUT2D eigenvalue weighted by atomic mass is 35.5. The third-order valence-corrected chi connectivity index (χ3v) is 3.21. The summed E-state index contributed by atoms with van der Waals surface area (Å²) in [5, 5.41) is 17.3. The van der Waals surface area contributed by atoms with E-state index in [-0.39, 0.29) is 0 Å². The number of aliphatic carboxylic acids is 2. The lowest BCUT2D eigenvalue weighted by Crippen LogP contribution is -2.02. The fourth-order valence-corrected chi connectivity index (χ4v) is 2.24. The molecule has 2 aromatic rings. The van der Waals surface area contributed by atoms with Gasteiger partial charge in [0.1, 0.15) is 5.75 Å². The maximum absolute atomic E-state index is 9.55. The molecule has 1 aromatic heterocycles. The molecule has 0 fully saturated rings. The standard InChI is InChI=1S/C11H13ClN2O.C4H4O4/c1-15-9-3-2-8-10(11(9)12)7(4-5-13)6-14-8;5-3(6)1-2-4(7)8/h2-3,6,14H,4-5,13H2,1H3;1-2H,(H,5,6)(H,7,8)/b;2-1+. The predicted molar refractivity (Wildman–Crippen MR) is 87.0 cm³/mol. The van der Waals surface area contributed by atoms with Crippen LogP contribution in [-0.4, -0.2) is 40.8 Å². The fraction of sp³-hybridized carbons (Fsp3) is 0.200. The third-order valence-electron chi connectivity index (χ3n) is 2.83. The molecular weight excluding hydrogens is 324 g/mol. The Hall–Kier alpha value is -2.51. The van der Waals surface area contributed by atoms with E-state index in [1.807, 2.05) is 18.3 Å². The van der Waals surface area contributed by atoms with Crippen molar-refractivity contribution in [3.05, 3.63) is 41.1 Å². The number of aromatic amines is 1. The van der Waals surface area contributed by atoms with Gasteiger partial charge in [-0.3, -0.25) is 0 Å². The normalized spacial score (nSPS) is 10.4. The number of hydrogen-bond donors (Lipinski definition) is 4. The maximum atomic E-state index is 9.55. The van der Waals surface area contributed by atoms with Gasteiger partial charge in [-0.15, -0.1) is 0 Å². The highest BCUT2D eigenvalue weighted by Crippen LogP contribution is 2.34. The van der Waals surface area contributed by atoms with Crippen LogP contribution in [0.15, 0.2) is 30.5 Å². The first-order valence-electron chi connectivity index (χ1n) is 6.57. The summed E-state index contributed by atoms with van der Waals surface area (Å²) in [5.41, 5.74) is 7.70. The zero-order valence-corrected chi connectivity index (χ0v) is 13.1. The van der Waals surface area contributed by atoms with Crippen LogP contribution in [0.25, 0.3) is 10.9 Å². The van der Waals surface area contributed by atoms with Gasteiger partial charge in [0.25, 0.3) is 0 Å². The highest BCUT2D eigenvalue weighted by molar-refractivity contribution is 6.37. The molecular formula is C15H17ClN2O5. The van der Waals surface area contributed by atoms with Crippen molar-refractivity contribution in [3.63, 3.8) is 0 Å². The summed E-state index contributed by atoms with van der Waals surface area (Å²) in [6.45, 7) is 0.612. The molecule has 0 unspecified atom stereocenters. The molecule has 0 spiro atoms. The number of ether oxygens (including phenoxy) is 1. The molecule has 0 bridgehead atoms. The molecule has 23 heavy (non-hydrogen) atoms. The van der Waals surface area contributed by atoms with Gasteiger partial charge in [-0.1, -0.05) is 11.6 Å². The van der Waals surface area contributed by atoms with E-state index in [0.717, 1.165) is 22.9 Å². The van der Waals surface area contributed by atoms with Crippen LogP contribution in [0.4, 0.5) is 0 Å². The van der Waals surface area contributed by atoms with E-state index in [1.54, 1.807) is 7.11 Å². The van der Waals surface area contributed by atoms with Crippen LogP contribution in [0, 0.1) is 0 Å². The molecule has 1 heterocycles. The summed E-state index contributed by atoms with van der Waals surface area (Å²) in [6.07, 6.45) is 3.88. The van der Waals surface area contributed by atoms with E-state index < -0.39 is 11.9 Å². The van der Waals surface area contributed by atoms with Gasteiger partial charge in [0.2, 0.25) is 0 Å². The van der Waals surface area contributed by atoms with Crippen molar-refractivity contribution < 1.29 is 24.5 Å². The number of nitrogens with one attached hydrogen (secondary N) is 1. The second kappa shape index (κ2) is 8.82. The lowest BCUT2D eigenvalue weighted by molar-refractivity contribution is -0.134. The van der Waals surface area contributed by atoms with Crippen LogP contribution in [0.5, 0.6) is 5.75 Å². The van der Waals surface area contributed by atoms with Gasteiger partial charge in [-0.05, 0) is 30.7 Å². The first kappa shape index (κ1) is 18.5. The minimum atomic E-state index is -1.26. The lowest BCUT2D eigenvalue weighted by Gasteiger charge is -2.05. The van der Waals surface area contributed by atoms with E-state index in [4.69, 9.17) is 32.3 Å². The van der Waals surface area contributed by atoms with Gasteiger partial charge in [0, 0.05) is 29.3 Å². The summed E-state index contributed by atoms with van der Waals surface area (Å²) in [5.74, 6) is -1.82. The molecule has 0 aliphatic rings. The molecule has 0 saturated carbocycles. The van der Waals surface area contributed by atoms with Crippen molar-refractivity contribution in [2.24, 2.45) is 5.73 Å². The summed E-state index contributed by atoms with van der Waals surface area (Å²) < 4.78 is 5.18. The minimum absolute atomic E-state index is 0.558. The molecule has 0 saturated heterocycles. The number of carboxylic acids is 2. The molecule has 0 aliphatic heterocycles. The zero-order chi connectivity index (χ0) is 17.4. The number of methoxy groups -OCH3 is 1. The number of halogens is 1. The van der Waals surface area contributed by atoms with E-state index >= 15 is 0 Å². The number of hydrogen-bond acceptors (Lipinski definition) is 4. The molecule has 0 amide bonds. The van der Waals surface area contributed by atoms with Crippen LogP contribution in [0.3, 0.4) is 0 Å². The molecule has 1 aromatic carbocycles. The van der Waals surface area contributed by atoms with Crippen LogP contribution < -0.4 is 10.5 Å². The average Bonchev–Trinajstić information content (AvgIpc) is 2.91. The number of nitrogens with two attached hydrogens (primary N) is 1. The van der Waals surface area contributed by atoms with Gasteiger partial charge in [-0.25, -0.2) is 9.59 Å². The predicted octanol–water partition coefficient (Wildman–Crippen LogP) is 2.04. The number of aromatic nitrogens is 1. The van der Waals surface area contributed by atoms with Crippen molar-refractivity contribution in [2.45, 2.75) is 6.42 Å². The number of rotatable bonds is 5. The topological polar surface area (TPSA) is 126 Å². The Labute approximate surface area is 137 Å². The van der Waals surface area contributed by atoms with Gasteiger partial charge in [0.05, 0.1) is 12.1 Å². The Morgan fingerprint density at radius 2 is 1.91 bits per heavy atom. The van der Waals surface area contributed by atoms with Crippen molar-refractivity contribution in [1.29, 1.82) is 0 Å². The third kappa shape index (κ3) is 5.32. The molecule has 0 radical (unpaired) electrons. The van der Waals surface area contributed by atoms with Crippen molar-refractivity contribution in [3.8, 4) is 5.75 Å². The number of benzene rings is 1. The molecule has 0 aliphatic carbocycles. The quantitative estimate of drug-likeness (QED) is 0.617. The summed E-state index contributed by atoms with van der Waals surface area (Å²) in [7, 11) is 1.61.